The van der Waals surface area contributed by atoms with E-state index in [1.54, 1.807) is 0 Å². The molecule has 0 spiro atoms. The van der Waals surface area contributed by atoms with Crippen molar-refractivity contribution in [2.75, 3.05) is 6.61 Å². The molecule has 30 heavy (non-hydrogen) atoms. The fraction of sp³-hybridized carbons (Fsp3) is 0.200. The molecule has 0 aromatic heterocycles. The van der Waals surface area contributed by atoms with Crippen LogP contribution < -0.4 is 5.32 Å². The van der Waals surface area contributed by atoms with Crippen LogP contribution in [0.25, 0.3) is 11.1 Å². The first-order valence-electron chi connectivity index (χ1n) is 10.1. The molecule has 2 aliphatic rings. The number of ether oxygens (including phenoxy) is 1. The number of aliphatic carboxylic acids is 1. The predicted molar refractivity (Wildman–Crippen MR) is 112 cm³/mol. The van der Waals surface area contributed by atoms with Crippen LogP contribution in [0.5, 0.6) is 0 Å². The molecule has 2 N–H and O–H groups in total. The third-order valence-corrected chi connectivity index (χ3v) is 6.17. The zero-order chi connectivity index (χ0) is 20.7. The standard InChI is InChI=1S/C25H21NO4/c27-24(28)21-13-15-7-1-2-8-16(15)23(21)26-25(29)30-14-22-19-11-5-3-9-17(19)18-10-4-6-12-20(18)22/h1-12,21-23H,13-14H2,(H,26,29)(H,27,28)/t21-,23+/m1/s1. The van der Waals surface area contributed by atoms with Crippen LogP contribution >= 0.6 is 0 Å². The minimum Gasteiger partial charge on any atom is -0.481 e. The summed E-state index contributed by atoms with van der Waals surface area (Å²) in [6, 6.07) is 23.2. The van der Waals surface area contributed by atoms with E-state index in [1.165, 1.54) is 0 Å². The highest BCUT2D eigenvalue weighted by molar-refractivity contribution is 5.79. The van der Waals surface area contributed by atoms with Crippen LogP contribution in [0.3, 0.4) is 0 Å². The van der Waals surface area contributed by atoms with Crippen molar-refractivity contribution < 1.29 is 19.4 Å². The summed E-state index contributed by atoms with van der Waals surface area (Å²) in [6.45, 7) is 0.200. The molecule has 0 saturated carbocycles. The molecule has 0 aliphatic heterocycles. The zero-order valence-electron chi connectivity index (χ0n) is 16.2. The molecule has 5 nitrogen and oxygen atoms in total. The summed E-state index contributed by atoms with van der Waals surface area (Å²) in [6.07, 6.45) is -0.190. The Labute approximate surface area is 174 Å². The van der Waals surface area contributed by atoms with E-state index in [4.69, 9.17) is 4.74 Å². The molecular weight excluding hydrogens is 378 g/mol. The number of carbonyl (C=O) groups excluding carboxylic acids is 1. The summed E-state index contributed by atoms with van der Waals surface area (Å²) in [4.78, 5) is 24.3. The van der Waals surface area contributed by atoms with E-state index < -0.39 is 24.0 Å². The summed E-state index contributed by atoms with van der Waals surface area (Å²) in [5, 5.41) is 12.4. The van der Waals surface area contributed by atoms with Gasteiger partial charge in [0.15, 0.2) is 0 Å². The van der Waals surface area contributed by atoms with Gasteiger partial charge in [-0.1, -0.05) is 72.8 Å². The first kappa shape index (κ1) is 18.4. The molecule has 5 heteroatoms. The van der Waals surface area contributed by atoms with Gasteiger partial charge in [0.05, 0.1) is 12.0 Å². The number of rotatable bonds is 4. The van der Waals surface area contributed by atoms with Crippen molar-refractivity contribution in [2.45, 2.75) is 18.4 Å². The van der Waals surface area contributed by atoms with Gasteiger partial charge in [0.25, 0.3) is 0 Å². The van der Waals surface area contributed by atoms with E-state index in [9.17, 15) is 14.7 Å². The van der Waals surface area contributed by atoms with E-state index in [2.05, 4.69) is 29.6 Å². The molecule has 0 saturated heterocycles. The van der Waals surface area contributed by atoms with Crippen LogP contribution in [-0.2, 0) is 16.0 Å². The molecule has 5 rings (SSSR count). The van der Waals surface area contributed by atoms with Gasteiger partial charge in [0, 0.05) is 5.92 Å². The molecule has 0 unspecified atom stereocenters. The van der Waals surface area contributed by atoms with Crippen molar-refractivity contribution in [1.29, 1.82) is 0 Å². The summed E-state index contributed by atoms with van der Waals surface area (Å²) < 4.78 is 5.60. The SMILES string of the molecule is O=C(N[C@H]1c2ccccc2C[C@H]1C(=O)O)OCC1c2ccccc2-c2ccccc21. The van der Waals surface area contributed by atoms with Crippen LogP contribution in [0.15, 0.2) is 72.8 Å². The third-order valence-electron chi connectivity index (χ3n) is 6.17. The molecule has 3 aromatic rings. The van der Waals surface area contributed by atoms with Crippen LogP contribution in [0.2, 0.25) is 0 Å². The van der Waals surface area contributed by atoms with Gasteiger partial charge in [0.2, 0.25) is 0 Å². The van der Waals surface area contributed by atoms with Gasteiger partial charge in [0.1, 0.15) is 6.61 Å². The van der Waals surface area contributed by atoms with E-state index in [0.29, 0.717) is 6.42 Å². The first-order chi connectivity index (χ1) is 14.6. The number of hydrogen-bond acceptors (Lipinski definition) is 3. The highest BCUT2D eigenvalue weighted by Crippen LogP contribution is 2.44. The average molecular weight is 399 g/mol. The molecule has 3 aromatic carbocycles. The topological polar surface area (TPSA) is 75.6 Å². The smallest absolute Gasteiger partial charge is 0.407 e. The van der Waals surface area contributed by atoms with Gasteiger partial charge < -0.3 is 15.2 Å². The fourth-order valence-corrected chi connectivity index (χ4v) is 4.77. The number of carboxylic acids is 1. The number of carbonyl (C=O) groups is 2. The highest BCUT2D eigenvalue weighted by atomic mass is 16.5. The van der Waals surface area contributed by atoms with Gasteiger partial charge >= 0.3 is 12.1 Å². The number of fused-ring (bicyclic) bond motifs is 4. The van der Waals surface area contributed by atoms with Gasteiger partial charge in [-0.05, 0) is 39.8 Å². The summed E-state index contributed by atoms with van der Waals surface area (Å²) in [7, 11) is 0. The molecule has 0 bridgehead atoms. The maximum absolute atomic E-state index is 12.6. The van der Waals surface area contributed by atoms with E-state index in [0.717, 1.165) is 33.4 Å². The molecule has 0 radical (unpaired) electrons. The Hall–Kier alpha value is -3.60. The van der Waals surface area contributed by atoms with Crippen LogP contribution in [0, 0.1) is 5.92 Å². The first-order valence-corrected chi connectivity index (χ1v) is 10.1. The fourth-order valence-electron chi connectivity index (χ4n) is 4.77. The van der Waals surface area contributed by atoms with Gasteiger partial charge in [-0.25, -0.2) is 4.79 Å². The largest absolute Gasteiger partial charge is 0.481 e. The molecule has 2 atom stereocenters. The Kier molecular flexibility index (Phi) is 4.51. The van der Waals surface area contributed by atoms with Crippen molar-refractivity contribution in [1.82, 2.24) is 5.32 Å². The minimum absolute atomic E-state index is 0.0331. The van der Waals surface area contributed by atoms with Crippen LogP contribution in [-0.4, -0.2) is 23.8 Å². The van der Waals surface area contributed by atoms with Crippen molar-refractivity contribution in [2.24, 2.45) is 5.92 Å². The minimum atomic E-state index is -0.921. The van der Waals surface area contributed by atoms with Crippen LogP contribution in [0.1, 0.15) is 34.2 Å². The Bertz CT molecular complexity index is 1090. The number of benzene rings is 3. The lowest BCUT2D eigenvalue weighted by Gasteiger charge is -2.20. The molecule has 1 amide bonds. The van der Waals surface area contributed by atoms with Crippen molar-refractivity contribution in [3.05, 3.63) is 95.1 Å². The Balaban J connectivity index is 1.33. The normalized spacial score (nSPS) is 18.9. The monoisotopic (exact) mass is 399 g/mol. The molecule has 0 fully saturated rings. The summed E-state index contributed by atoms with van der Waals surface area (Å²) in [5.41, 5.74) is 6.41. The van der Waals surface area contributed by atoms with E-state index in [1.807, 2.05) is 48.5 Å². The Morgan fingerprint density at radius 2 is 1.43 bits per heavy atom. The molecular formula is C25H21NO4. The average Bonchev–Trinajstić information content (AvgIpc) is 3.29. The second-order valence-electron chi connectivity index (χ2n) is 7.80. The van der Waals surface area contributed by atoms with E-state index in [-0.39, 0.29) is 12.5 Å². The van der Waals surface area contributed by atoms with Gasteiger partial charge in [-0.2, -0.15) is 0 Å². The number of carboxylic acid groups (broad SMARTS) is 1. The Morgan fingerprint density at radius 1 is 0.867 bits per heavy atom. The molecule has 0 heterocycles. The number of hydrogen-bond donors (Lipinski definition) is 2. The van der Waals surface area contributed by atoms with Crippen molar-refractivity contribution in [3.8, 4) is 11.1 Å². The molecule has 2 aliphatic carbocycles. The highest BCUT2D eigenvalue weighted by Gasteiger charge is 2.38. The van der Waals surface area contributed by atoms with Gasteiger partial charge in [-0.15, -0.1) is 0 Å². The lowest BCUT2D eigenvalue weighted by atomic mass is 9.98. The van der Waals surface area contributed by atoms with Crippen molar-refractivity contribution in [3.63, 3.8) is 0 Å². The maximum atomic E-state index is 12.6. The lowest BCUT2D eigenvalue weighted by Crippen LogP contribution is -2.35. The second-order valence-corrected chi connectivity index (χ2v) is 7.80. The van der Waals surface area contributed by atoms with Crippen molar-refractivity contribution >= 4 is 12.1 Å². The zero-order valence-corrected chi connectivity index (χ0v) is 16.2. The maximum Gasteiger partial charge on any atom is 0.407 e. The van der Waals surface area contributed by atoms with Crippen LogP contribution in [0.4, 0.5) is 4.79 Å². The number of nitrogens with one attached hydrogen (secondary N) is 1. The summed E-state index contributed by atoms with van der Waals surface area (Å²) in [5.74, 6) is -1.65. The number of alkyl carbamates (subject to hydrolysis) is 1. The third kappa shape index (κ3) is 3.03. The lowest BCUT2D eigenvalue weighted by molar-refractivity contribution is -0.142. The second kappa shape index (κ2) is 7.34. The summed E-state index contributed by atoms with van der Waals surface area (Å²) >= 11 is 0. The Morgan fingerprint density at radius 3 is 2.07 bits per heavy atom. The number of amides is 1. The predicted octanol–water partition coefficient (Wildman–Crippen LogP) is 4.52. The quantitative estimate of drug-likeness (QED) is 0.676. The molecule has 150 valence electrons. The van der Waals surface area contributed by atoms with E-state index >= 15 is 0 Å². The van der Waals surface area contributed by atoms with Gasteiger partial charge in [-0.3, -0.25) is 4.79 Å².